The molecule has 0 saturated carbocycles. The average molecular weight is 383 g/mol. The first-order chi connectivity index (χ1) is 12.1. The lowest BCUT2D eigenvalue weighted by molar-refractivity contribution is -0.136. The molecule has 0 amide bonds. The number of aryl methyl sites for hydroxylation is 1. The Morgan fingerprint density at radius 3 is 2.27 bits per heavy atom. The van der Waals surface area contributed by atoms with Crippen molar-refractivity contribution in [3.05, 3.63) is 70.1 Å². The lowest BCUT2D eigenvalue weighted by atomic mass is 10.1. The van der Waals surface area contributed by atoms with Gasteiger partial charge in [0.1, 0.15) is 5.58 Å². The van der Waals surface area contributed by atoms with Crippen LogP contribution in [0.1, 0.15) is 11.1 Å². The molecule has 0 aliphatic heterocycles. The first kappa shape index (κ1) is 18.0. The minimum absolute atomic E-state index is 0.00584. The molecule has 5 nitrogen and oxygen atoms in total. The van der Waals surface area contributed by atoms with Gasteiger partial charge in [0.25, 0.3) is 10.0 Å². The third-order valence-electron chi connectivity index (χ3n) is 3.63. The van der Waals surface area contributed by atoms with E-state index in [9.17, 15) is 26.4 Å². The summed E-state index contributed by atoms with van der Waals surface area (Å²) in [5.74, 6) is 0. The molecule has 1 aromatic heterocycles. The molecule has 0 saturated heterocycles. The number of rotatable bonds is 3. The summed E-state index contributed by atoms with van der Waals surface area (Å²) in [7, 11) is -3.94. The standard InChI is InChI=1S/C17H12F3NO4S/c1-10-2-5-12(6-3-10)26(23,24)21-11-4-7-13-14(17(18,19)20)9-16(22)25-15(13)8-11/h2-9,21H,1H3. The number of hydrogen-bond acceptors (Lipinski definition) is 4. The monoisotopic (exact) mass is 383 g/mol. The molecule has 0 bridgehead atoms. The van der Waals surface area contributed by atoms with E-state index in [1.54, 1.807) is 19.1 Å². The van der Waals surface area contributed by atoms with Crippen molar-refractivity contribution < 1.29 is 26.0 Å². The van der Waals surface area contributed by atoms with E-state index in [2.05, 4.69) is 4.72 Å². The molecule has 0 aliphatic rings. The average Bonchev–Trinajstić information content (AvgIpc) is 2.53. The van der Waals surface area contributed by atoms with E-state index in [-0.39, 0.29) is 21.6 Å². The zero-order valence-electron chi connectivity index (χ0n) is 13.3. The summed E-state index contributed by atoms with van der Waals surface area (Å²) in [4.78, 5) is 11.4. The SMILES string of the molecule is Cc1ccc(S(=O)(=O)Nc2ccc3c(C(F)(F)F)cc(=O)oc3c2)cc1. The van der Waals surface area contributed by atoms with Gasteiger partial charge in [-0.15, -0.1) is 0 Å². The molecule has 1 N–H and O–H groups in total. The highest BCUT2D eigenvalue weighted by Crippen LogP contribution is 2.34. The molecule has 2 aromatic carbocycles. The maximum absolute atomic E-state index is 13.0. The fourth-order valence-electron chi connectivity index (χ4n) is 2.39. The van der Waals surface area contributed by atoms with Crippen LogP contribution in [0.15, 0.2) is 62.6 Å². The topological polar surface area (TPSA) is 76.4 Å². The molecule has 26 heavy (non-hydrogen) atoms. The number of anilines is 1. The van der Waals surface area contributed by atoms with Gasteiger partial charge in [-0.05, 0) is 31.2 Å². The third-order valence-corrected chi connectivity index (χ3v) is 5.03. The van der Waals surface area contributed by atoms with E-state index >= 15 is 0 Å². The molecule has 136 valence electrons. The van der Waals surface area contributed by atoms with Crippen LogP contribution >= 0.6 is 0 Å². The number of benzene rings is 2. The van der Waals surface area contributed by atoms with Crippen LogP contribution in [0.2, 0.25) is 0 Å². The van der Waals surface area contributed by atoms with Gasteiger partial charge < -0.3 is 4.42 Å². The fourth-order valence-corrected chi connectivity index (χ4v) is 3.44. The highest BCUT2D eigenvalue weighted by molar-refractivity contribution is 7.92. The predicted molar refractivity (Wildman–Crippen MR) is 89.5 cm³/mol. The zero-order chi connectivity index (χ0) is 19.1. The fraction of sp³-hybridized carbons (Fsp3) is 0.118. The summed E-state index contributed by atoms with van der Waals surface area (Å²) in [5.41, 5.74) is -1.84. The van der Waals surface area contributed by atoms with Crippen molar-refractivity contribution in [3.8, 4) is 0 Å². The van der Waals surface area contributed by atoms with E-state index in [1.807, 2.05) is 0 Å². The van der Waals surface area contributed by atoms with Crippen molar-refractivity contribution in [1.29, 1.82) is 0 Å². The summed E-state index contributed by atoms with van der Waals surface area (Å²) in [6, 6.07) is 9.65. The first-order valence-corrected chi connectivity index (χ1v) is 8.79. The molecule has 3 aromatic rings. The van der Waals surface area contributed by atoms with E-state index in [1.165, 1.54) is 18.2 Å². The van der Waals surface area contributed by atoms with Crippen LogP contribution in [0.25, 0.3) is 11.0 Å². The van der Waals surface area contributed by atoms with Crippen LogP contribution < -0.4 is 10.3 Å². The van der Waals surface area contributed by atoms with Crippen molar-refractivity contribution in [2.24, 2.45) is 0 Å². The lowest BCUT2D eigenvalue weighted by Crippen LogP contribution is -2.14. The van der Waals surface area contributed by atoms with Crippen LogP contribution in [0.5, 0.6) is 0 Å². The quantitative estimate of drug-likeness (QED) is 0.696. The third kappa shape index (κ3) is 3.57. The summed E-state index contributed by atoms with van der Waals surface area (Å²) in [6.45, 7) is 1.80. The van der Waals surface area contributed by atoms with Gasteiger partial charge in [-0.3, -0.25) is 4.72 Å². The second kappa shape index (κ2) is 6.17. The summed E-state index contributed by atoms with van der Waals surface area (Å²) >= 11 is 0. The normalized spacial score (nSPS) is 12.3. The number of hydrogen-bond donors (Lipinski definition) is 1. The molecule has 0 fully saturated rings. The maximum atomic E-state index is 13.0. The van der Waals surface area contributed by atoms with Crippen molar-refractivity contribution in [1.82, 2.24) is 0 Å². The van der Waals surface area contributed by atoms with Gasteiger partial charge in [0.15, 0.2) is 0 Å². The Bertz CT molecular complexity index is 1130. The summed E-state index contributed by atoms with van der Waals surface area (Å²) in [5, 5.41) is -0.338. The molecule has 0 atom stereocenters. The molecule has 9 heteroatoms. The van der Waals surface area contributed by atoms with E-state index in [0.29, 0.717) is 6.07 Å². The van der Waals surface area contributed by atoms with Gasteiger partial charge in [0.05, 0.1) is 16.1 Å². The van der Waals surface area contributed by atoms with Gasteiger partial charge in [-0.2, -0.15) is 13.2 Å². The Kier molecular flexibility index (Phi) is 4.27. The summed E-state index contributed by atoms with van der Waals surface area (Å²) in [6.07, 6.45) is -4.74. The predicted octanol–water partition coefficient (Wildman–Crippen LogP) is 3.92. The van der Waals surface area contributed by atoms with Crippen molar-refractivity contribution in [2.75, 3.05) is 4.72 Å². The number of halogens is 3. The van der Waals surface area contributed by atoms with Crippen LogP contribution in [0.3, 0.4) is 0 Å². The maximum Gasteiger partial charge on any atom is 0.417 e. The van der Waals surface area contributed by atoms with Crippen molar-refractivity contribution in [2.45, 2.75) is 18.0 Å². The molecule has 0 aliphatic carbocycles. The minimum atomic E-state index is -4.74. The van der Waals surface area contributed by atoms with Crippen molar-refractivity contribution in [3.63, 3.8) is 0 Å². The highest BCUT2D eigenvalue weighted by atomic mass is 32.2. The number of nitrogens with one attached hydrogen (secondary N) is 1. The van der Waals surface area contributed by atoms with Gasteiger partial charge in [0, 0.05) is 17.5 Å². The second-order valence-corrected chi connectivity index (χ2v) is 7.29. The van der Waals surface area contributed by atoms with E-state index in [4.69, 9.17) is 4.42 Å². The van der Waals surface area contributed by atoms with Gasteiger partial charge in [0.2, 0.25) is 0 Å². The molecular weight excluding hydrogens is 371 g/mol. The van der Waals surface area contributed by atoms with Gasteiger partial charge >= 0.3 is 11.8 Å². The van der Waals surface area contributed by atoms with Crippen LogP contribution in [-0.2, 0) is 16.2 Å². The van der Waals surface area contributed by atoms with E-state index in [0.717, 1.165) is 17.7 Å². The first-order valence-electron chi connectivity index (χ1n) is 7.31. The number of sulfonamides is 1. The van der Waals surface area contributed by atoms with Gasteiger partial charge in [-0.1, -0.05) is 17.7 Å². The Balaban J connectivity index is 2.05. The van der Waals surface area contributed by atoms with Gasteiger partial charge in [-0.25, -0.2) is 13.2 Å². The Morgan fingerprint density at radius 2 is 1.65 bits per heavy atom. The molecule has 0 radical (unpaired) electrons. The number of fused-ring (bicyclic) bond motifs is 1. The Morgan fingerprint density at radius 1 is 1.00 bits per heavy atom. The van der Waals surface area contributed by atoms with Crippen LogP contribution in [-0.4, -0.2) is 8.42 Å². The van der Waals surface area contributed by atoms with E-state index < -0.39 is 27.4 Å². The molecule has 0 spiro atoms. The van der Waals surface area contributed by atoms with Crippen LogP contribution in [0, 0.1) is 6.92 Å². The van der Waals surface area contributed by atoms with Crippen LogP contribution in [0.4, 0.5) is 18.9 Å². The second-order valence-electron chi connectivity index (χ2n) is 5.61. The Labute approximate surface area is 146 Å². The molecule has 1 heterocycles. The lowest BCUT2D eigenvalue weighted by Gasteiger charge is -2.11. The largest absolute Gasteiger partial charge is 0.423 e. The smallest absolute Gasteiger partial charge is 0.417 e. The summed E-state index contributed by atoms with van der Waals surface area (Å²) < 4.78 is 70.8. The number of alkyl halides is 3. The Hall–Kier alpha value is -2.81. The highest BCUT2D eigenvalue weighted by Gasteiger charge is 2.33. The minimum Gasteiger partial charge on any atom is -0.423 e. The molecule has 0 unspecified atom stereocenters. The van der Waals surface area contributed by atoms with Crippen molar-refractivity contribution >= 4 is 26.7 Å². The zero-order valence-corrected chi connectivity index (χ0v) is 14.1. The molecular formula is C17H12F3NO4S. The molecule has 3 rings (SSSR count).